The van der Waals surface area contributed by atoms with E-state index in [1.165, 1.54) is 41.6 Å². The molecule has 7 heteroatoms. The monoisotopic (exact) mass is 564 g/mol. The third kappa shape index (κ3) is 6.02. The number of ether oxygens (including phenoxy) is 1. The molecule has 0 spiro atoms. The van der Waals surface area contributed by atoms with Crippen molar-refractivity contribution in [3.05, 3.63) is 108 Å². The highest BCUT2D eigenvalue weighted by atomic mass is 35.5. The summed E-state index contributed by atoms with van der Waals surface area (Å²) in [7, 11) is 3.82. The normalized spacial score (nSPS) is 19.3. The molecule has 3 aromatic carbocycles. The topological polar surface area (TPSA) is 33.5 Å². The number of fused-ring (bicyclic) bond motifs is 1. The lowest BCUT2D eigenvalue weighted by molar-refractivity contribution is 0.0380. The predicted molar refractivity (Wildman–Crippen MR) is 163 cm³/mol. The lowest BCUT2D eigenvalue weighted by atomic mass is 9.82. The molecule has 1 aromatic heterocycles. The average molecular weight is 566 g/mol. The molecular formula is C32H38Cl2N4O. The fourth-order valence-corrected chi connectivity index (χ4v) is 6.55. The van der Waals surface area contributed by atoms with E-state index in [-0.39, 0.29) is 24.8 Å². The Hall–Kier alpha value is -2.83. The van der Waals surface area contributed by atoms with E-state index in [2.05, 4.69) is 98.2 Å². The van der Waals surface area contributed by atoms with Crippen molar-refractivity contribution < 1.29 is 4.74 Å². The number of halogens is 2. The molecule has 6 rings (SSSR count). The summed E-state index contributed by atoms with van der Waals surface area (Å²) in [5.41, 5.74) is 6.35. The van der Waals surface area contributed by atoms with Gasteiger partial charge in [-0.1, -0.05) is 60.7 Å². The standard InChI is InChI=1S/C32H36N4O.2ClH/c1-34-23-33-19-29(34)26-15-16-31(37-2)27(18-26)20-35-21-28-14-9-17-36(28)30(22-35)32(24-10-5-3-6-11-24)25-12-7-4-8-13-25;;/h3-8,10-13,15-16,18-19,23,28,30,32H,9,14,17,20-22H2,1-2H3;2*1H/t28-,30-;;/m0../s1. The van der Waals surface area contributed by atoms with Gasteiger partial charge in [-0.25, -0.2) is 4.98 Å². The lowest BCUT2D eigenvalue weighted by Gasteiger charge is -2.47. The Labute approximate surface area is 244 Å². The molecule has 206 valence electrons. The molecule has 2 atom stereocenters. The summed E-state index contributed by atoms with van der Waals surface area (Å²) in [4.78, 5) is 9.80. The summed E-state index contributed by atoms with van der Waals surface area (Å²) >= 11 is 0. The first-order chi connectivity index (χ1) is 18.2. The average Bonchev–Trinajstić information content (AvgIpc) is 3.59. The molecule has 0 unspecified atom stereocenters. The molecule has 2 aliphatic heterocycles. The molecule has 2 aliphatic rings. The van der Waals surface area contributed by atoms with Crippen LogP contribution in [-0.4, -0.2) is 58.2 Å². The summed E-state index contributed by atoms with van der Waals surface area (Å²) in [5, 5.41) is 0. The maximum atomic E-state index is 5.83. The van der Waals surface area contributed by atoms with Crippen LogP contribution in [0, 0.1) is 0 Å². The quantitative estimate of drug-likeness (QED) is 0.259. The van der Waals surface area contributed by atoms with Crippen molar-refractivity contribution in [2.24, 2.45) is 7.05 Å². The van der Waals surface area contributed by atoms with Crippen molar-refractivity contribution in [1.82, 2.24) is 19.4 Å². The first-order valence-corrected chi connectivity index (χ1v) is 13.4. The molecule has 2 saturated heterocycles. The van der Waals surface area contributed by atoms with Crippen LogP contribution in [0.25, 0.3) is 11.3 Å². The number of hydrogen-bond acceptors (Lipinski definition) is 4. The van der Waals surface area contributed by atoms with Crippen LogP contribution in [0.15, 0.2) is 91.4 Å². The third-order valence-corrected chi connectivity index (χ3v) is 8.25. The molecule has 2 fully saturated rings. The van der Waals surface area contributed by atoms with Crippen LogP contribution < -0.4 is 4.74 Å². The van der Waals surface area contributed by atoms with Crippen LogP contribution in [0.5, 0.6) is 5.75 Å². The summed E-state index contributed by atoms with van der Waals surface area (Å²) in [6, 6.07) is 29.8. The predicted octanol–water partition coefficient (Wildman–Crippen LogP) is 6.42. The van der Waals surface area contributed by atoms with Gasteiger partial charge in [-0.3, -0.25) is 9.80 Å². The fraction of sp³-hybridized carbons (Fsp3) is 0.344. The number of hydrogen-bond donors (Lipinski definition) is 0. The summed E-state index contributed by atoms with van der Waals surface area (Å²) < 4.78 is 7.90. The van der Waals surface area contributed by atoms with E-state index in [9.17, 15) is 0 Å². The van der Waals surface area contributed by atoms with Crippen molar-refractivity contribution in [3.8, 4) is 17.0 Å². The van der Waals surface area contributed by atoms with E-state index in [0.717, 1.165) is 31.1 Å². The zero-order chi connectivity index (χ0) is 25.2. The van der Waals surface area contributed by atoms with Crippen LogP contribution in [-0.2, 0) is 13.6 Å². The number of aromatic nitrogens is 2. The van der Waals surface area contributed by atoms with Gasteiger partial charge in [0.15, 0.2) is 0 Å². The van der Waals surface area contributed by atoms with Crippen molar-refractivity contribution in [2.45, 2.75) is 37.4 Å². The van der Waals surface area contributed by atoms with Crippen LogP contribution >= 0.6 is 24.8 Å². The molecule has 39 heavy (non-hydrogen) atoms. The van der Waals surface area contributed by atoms with Crippen LogP contribution in [0.3, 0.4) is 0 Å². The number of piperazine rings is 1. The summed E-state index contributed by atoms with van der Waals surface area (Å²) in [6.45, 7) is 4.21. The van der Waals surface area contributed by atoms with E-state index in [0.29, 0.717) is 18.0 Å². The molecule has 0 radical (unpaired) electrons. The van der Waals surface area contributed by atoms with Crippen LogP contribution in [0.4, 0.5) is 0 Å². The van der Waals surface area contributed by atoms with E-state index in [4.69, 9.17) is 4.74 Å². The van der Waals surface area contributed by atoms with E-state index in [1.807, 2.05) is 19.6 Å². The molecule has 0 bridgehead atoms. The molecule has 0 aliphatic carbocycles. The van der Waals surface area contributed by atoms with Crippen LogP contribution in [0.1, 0.15) is 35.4 Å². The van der Waals surface area contributed by atoms with Gasteiger partial charge < -0.3 is 9.30 Å². The molecule has 0 saturated carbocycles. The zero-order valence-corrected chi connectivity index (χ0v) is 24.3. The van der Waals surface area contributed by atoms with Gasteiger partial charge in [-0.05, 0) is 48.7 Å². The van der Waals surface area contributed by atoms with Gasteiger partial charge in [-0.2, -0.15) is 0 Å². The Bertz CT molecular complexity index is 1290. The first kappa shape index (κ1) is 29.2. The smallest absolute Gasteiger partial charge is 0.123 e. The Morgan fingerprint density at radius 2 is 1.62 bits per heavy atom. The van der Waals surface area contributed by atoms with Gasteiger partial charge in [0.05, 0.1) is 25.3 Å². The van der Waals surface area contributed by atoms with Crippen molar-refractivity contribution >= 4 is 24.8 Å². The summed E-state index contributed by atoms with van der Waals surface area (Å²) in [6.07, 6.45) is 6.35. The zero-order valence-electron chi connectivity index (χ0n) is 22.6. The highest BCUT2D eigenvalue weighted by molar-refractivity contribution is 5.85. The van der Waals surface area contributed by atoms with Crippen LogP contribution in [0.2, 0.25) is 0 Å². The Kier molecular flexibility index (Phi) is 9.73. The van der Waals surface area contributed by atoms with Gasteiger partial charge >= 0.3 is 0 Å². The van der Waals surface area contributed by atoms with Crippen molar-refractivity contribution in [2.75, 3.05) is 26.7 Å². The lowest BCUT2D eigenvalue weighted by Crippen LogP contribution is -2.57. The number of rotatable bonds is 7. The number of imidazole rings is 1. The molecule has 5 nitrogen and oxygen atoms in total. The van der Waals surface area contributed by atoms with E-state index < -0.39 is 0 Å². The second-order valence-corrected chi connectivity index (χ2v) is 10.5. The highest BCUT2D eigenvalue weighted by Crippen LogP contribution is 2.38. The number of benzene rings is 3. The van der Waals surface area contributed by atoms with Crippen molar-refractivity contribution in [1.29, 1.82) is 0 Å². The molecule has 0 N–H and O–H groups in total. The highest BCUT2D eigenvalue weighted by Gasteiger charge is 2.41. The van der Waals surface area contributed by atoms with Gasteiger partial charge in [0.25, 0.3) is 0 Å². The Morgan fingerprint density at radius 1 is 0.923 bits per heavy atom. The maximum absolute atomic E-state index is 5.83. The Morgan fingerprint density at radius 3 is 2.23 bits per heavy atom. The fourth-order valence-electron chi connectivity index (χ4n) is 6.55. The van der Waals surface area contributed by atoms with Gasteiger partial charge in [0, 0.05) is 55.8 Å². The largest absolute Gasteiger partial charge is 0.496 e. The maximum Gasteiger partial charge on any atom is 0.123 e. The minimum atomic E-state index is 0. The van der Waals surface area contributed by atoms with Crippen molar-refractivity contribution in [3.63, 3.8) is 0 Å². The number of methoxy groups -OCH3 is 1. The Balaban J connectivity index is 0.00000176. The van der Waals surface area contributed by atoms with E-state index in [1.54, 1.807) is 7.11 Å². The first-order valence-electron chi connectivity index (χ1n) is 13.4. The SMILES string of the molecule is COc1ccc(-c2cncn2C)cc1CN1C[C@@H]2CCCN2[C@H](C(c2ccccc2)c2ccccc2)C1.Cl.Cl. The van der Waals surface area contributed by atoms with Gasteiger partial charge in [0.1, 0.15) is 5.75 Å². The molecule has 3 heterocycles. The number of aryl methyl sites for hydroxylation is 1. The van der Waals surface area contributed by atoms with Gasteiger partial charge in [0.2, 0.25) is 0 Å². The molecule has 0 amide bonds. The minimum absolute atomic E-state index is 0. The number of nitrogens with zero attached hydrogens (tertiary/aromatic N) is 4. The molecular weight excluding hydrogens is 527 g/mol. The third-order valence-electron chi connectivity index (χ3n) is 8.25. The molecule has 4 aromatic rings. The summed E-state index contributed by atoms with van der Waals surface area (Å²) in [5.74, 6) is 1.30. The minimum Gasteiger partial charge on any atom is -0.496 e. The van der Waals surface area contributed by atoms with Gasteiger partial charge in [-0.15, -0.1) is 24.8 Å². The second kappa shape index (κ2) is 13.0. The van der Waals surface area contributed by atoms with E-state index >= 15 is 0 Å². The second-order valence-electron chi connectivity index (χ2n) is 10.5.